The normalized spacial score (nSPS) is 20.2. The molecule has 1 atom stereocenters. The van der Waals surface area contributed by atoms with Gasteiger partial charge >= 0.3 is 0 Å². The monoisotopic (exact) mass is 304 g/mol. The van der Waals surface area contributed by atoms with Crippen molar-refractivity contribution < 1.29 is 13.2 Å². The van der Waals surface area contributed by atoms with Crippen LogP contribution in [0, 0.1) is 5.82 Å². The molecule has 0 spiro atoms. The summed E-state index contributed by atoms with van der Waals surface area (Å²) >= 11 is 1.56. The number of thioether (sulfide) groups is 1. The van der Waals surface area contributed by atoms with Gasteiger partial charge in [0, 0.05) is 29.7 Å². The molecule has 0 radical (unpaired) electrons. The zero-order valence-corrected chi connectivity index (χ0v) is 12.0. The van der Waals surface area contributed by atoms with Gasteiger partial charge < -0.3 is 5.73 Å². The first-order valence-electron chi connectivity index (χ1n) is 6.69. The summed E-state index contributed by atoms with van der Waals surface area (Å²) in [6.45, 7) is 0.913. The molecule has 0 aliphatic carbocycles. The van der Waals surface area contributed by atoms with Crippen molar-refractivity contribution in [2.45, 2.75) is 29.7 Å². The Balaban J connectivity index is 1.65. The minimum absolute atomic E-state index is 0.0423. The van der Waals surface area contributed by atoms with Crippen LogP contribution in [0.3, 0.4) is 0 Å². The van der Waals surface area contributed by atoms with E-state index in [0.717, 1.165) is 4.90 Å². The van der Waals surface area contributed by atoms with Gasteiger partial charge in [0.25, 0.3) is 5.92 Å². The van der Waals surface area contributed by atoms with Crippen LogP contribution in [0.4, 0.5) is 13.2 Å². The third-order valence-electron chi connectivity index (χ3n) is 3.34. The van der Waals surface area contributed by atoms with Crippen LogP contribution < -0.4 is 5.73 Å². The molecule has 1 saturated heterocycles. The van der Waals surface area contributed by atoms with Crippen molar-refractivity contribution in [1.29, 1.82) is 0 Å². The minimum atomic E-state index is -2.53. The van der Waals surface area contributed by atoms with E-state index in [-0.39, 0.29) is 24.8 Å². The van der Waals surface area contributed by atoms with E-state index in [1.807, 2.05) is 0 Å². The van der Waals surface area contributed by atoms with Crippen molar-refractivity contribution in [2.75, 3.05) is 25.4 Å². The molecule has 0 aromatic heterocycles. The SMILES string of the molecule is N[C@H](CCN1CCC(F)(F)C1)CSc1ccc(F)cc1. The Morgan fingerprint density at radius 1 is 1.30 bits per heavy atom. The predicted molar refractivity (Wildman–Crippen MR) is 75.7 cm³/mol. The Morgan fingerprint density at radius 3 is 2.60 bits per heavy atom. The molecule has 2 N–H and O–H groups in total. The molecule has 1 aliphatic rings. The molecule has 0 unspecified atom stereocenters. The summed E-state index contributed by atoms with van der Waals surface area (Å²) < 4.78 is 38.8. The lowest BCUT2D eigenvalue weighted by atomic mass is 10.2. The molecule has 6 heteroatoms. The van der Waals surface area contributed by atoms with E-state index >= 15 is 0 Å². The van der Waals surface area contributed by atoms with Gasteiger partial charge in [-0.15, -0.1) is 11.8 Å². The zero-order chi connectivity index (χ0) is 14.6. The first kappa shape index (κ1) is 15.7. The van der Waals surface area contributed by atoms with E-state index < -0.39 is 5.92 Å². The van der Waals surface area contributed by atoms with Crippen LogP contribution in [0.2, 0.25) is 0 Å². The van der Waals surface area contributed by atoms with E-state index in [1.54, 1.807) is 28.8 Å². The first-order chi connectivity index (χ1) is 9.44. The van der Waals surface area contributed by atoms with E-state index in [2.05, 4.69) is 0 Å². The van der Waals surface area contributed by atoms with Gasteiger partial charge in [-0.1, -0.05) is 0 Å². The number of rotatable bonds is 6. The maximum atomic E-state index is 13.0. The van der Waals surface area contributed by atoms with Crippen molar-refractivity contribution in [3.05, 3.63) is 30.1 Å². The number of likely N-dealkylation sites (tertiary alicyclic amines) is 1. The van der Waals surface area contributed by atoms with Gasteiger partial charge in [0.15, 0.2) is 0 Å². The summed E-state index contributed by atoms with van der Waals surface area (Å²) in [6, 6.07) is 6.22. The Labute approximate surface area is 121 Å². The number of hydrogen-bond donors (Lipinski definition) is 1. The molecule has 2 nitrogen and oxygen atoms in total. The third-order valence-corrected chi connectivity index (χ3v) is 4.54. The third kappa shape index (κ3) is 5.00. The lowest BCUT2D eigenvalue weighted by molar-refractivity contribution is 0.0120. The van der Waals surface area contributed by atoms with Crippen LogP contribution in [0.25, 0.3) is 0 Å². The van der Waals surface area contributed by atoms with E-state index in [1.165, 1.54) is 12.1 Å². The highest BCUT2D eigenvalue weighted by molar-refractivity contribution is 7.99. The maximum absolute atomic E-state index is 13.0. The standard InChI is InChI=1S/C14H19F3N2S/c15-11-1-3-13(4-2-11)20-9-12(18)5-7-19-8-6-14(16,17)10-19/h1-4,12H,5-10,18H2/t12-/m1/s1. The molecular formula is C14H19F3N2S. The molecule has 0 saturated carbocycles. The Morgan fingerprint density at radius 2 is 2.00 bits per heavy atom. The molecular weight excluding hydrogens is 285 g/mol. The minimum Gasteiger partial charge on any atom is -0.327 e. The maximum Gasteiger partial charge on any atom is 0.261 e. The summed E-state index contributed by atoms with van der Waals surface area (Å²) in [5.41, 5.74) is 5.99. The molecule has 2 rings (SSSR count). The highest BCUT2D eigenvalue weighted by Gasteiger charge is 2.37. The molecule has 112 valence electrons. The molecule has 1 aromatic carbocycles. The molecule has 0 bridgehead atoms. The number of benzene rings is 1. The number of hydrogen-bond acceptors (Lipinski definition) is 3. The van der Waals surface area contributed by atoms with E-state index in [0.29, 0.717) is 25.3 Å². The fourth-order valence-corrected chi connectivity index (χ4v) is 3.07. The highest BCUT2D eigenvalue weighted by atomic mass is 32.2. The summed E-state index contributed by atoms with van der Waals surface area (Å²) in [6.07, 6.45) is 0.650. The van der Waals surface area contributed by atoms with Crippen LogP contribution in [0.15, 0.2) is 29.2 Å². The average Bonchev–Trinajstić information content (AvgIpc) is 2.75. The Hall–Kier alpha value is -0.720. The molecule has 1 heterocycles. The first-order valence-corrected chi connectivity index (χ1v) is 7.67. The lowest BCUT2D eigenvalue weighted by Gasteiger charge is -2.18. The number of alkyl halides is 2. The Bertz CT molecular complexity index is 425. The van der Waals surface area contributed by atoms with Crippen molar-refractivity contribution >= 4 is 11.8 Å². The lowest BCUT2D eigenvalue weighted by Crippen LogP contribution is -2.32. The van der Waals surface area contributed by atoms with Crippen LogP contribution >= 0.6 is 11.8 Å². The summed E-state index contributed by atoms with van der Waals surface area (Å²) in [7, 11) is 0. The van der Waals surface area contributed by atoms with Crippen molar-refractivity contribution in [3.63, 3.8) is 0 Å². The van der Waals surface area contributed by atoms with Crippen molar-refractivity contribution in [1.82, 2.24) is 4.90 Å². The van der Waals surface area contributed by atoms with Gasteiger partial charge in [-0.3, -0.25) is 4.90 Å². The zero-order valence-electron chi connectivity index (χ0n) is 11.2. The van der Waals surface area contributed by atoms with Gasteiger partial charge in [0.2, 0.25) is 0 Å². The molecule has 1 aromatic rings. The molecule has 1 aliphatic heterocycles. The van der Waals surface area contributed by atoms with Crippen LogP contribution in [0.1, 0.15) is 12.8 Å². The second-order valence-electron chi connectivity index (χ2n) is 5.20. The predicted octanol–water partition coefficient (Wildman–Crippen LogP) is 2.98. The highest BCUT2D eigenvalue weighted by Crippen LogP contribution is 2.27. The number of nitrogens with zero attached hydrogens (tertiary/aromatic N) is 1. The van der Waals surface area contributed by atoms with Crippen LogP contribution in [-0.4, -0.2) is 42.3 Å². The van der Waals surface area contributed by atoms with Gasteiger partial charge in [-0.2, -0.15) is 0 Å². The van der Waals surface area contributed by atoms with Crippen molar-refractivity contribution in [2.24, 2.45) is 5.73 Å². The average molecular weight is 304 g/mol. The fraction of sp³-hybridized carbons (Fsp3) is 0.571. The van der Waals surface area contributed by atoms with Crippen LogP contribution in [0.5, 0.6) is 0 Å². The molecule has 20 heavy (non-hydrogen) atoms. The fourth-order valence-electron chi connectivity index (χ4n) is 2.16. The smallest absolute Gasteiger partial charge is 0.261 e. The molecule has 1 fully saturated rings. The topological polar surface area (TPSA) is 29.3 Å². The van der Waals surface area contributed by atoms with Crippen molar-refractivity contribution in [3.8, 4) is 0 Å². The Kier molecular flexibility index (Phi) is 5.35. The van der Waals surface area contributed by atoms with Gasteiger partial charge in [0.1, 0.15) is 5.82 Å². The quantitative estimate of drug-likeness (QED) is 0.819. The second kappa shape index (κ2) is 6.83. The van der Waals surface area contributed by atoms with Crippen LogP contribution in [-0.2, 0) is 0 Å². The molecule has 0 amide bonds. The van der Waals surface area contributed by atoms with Gasteiger partial charge in [0.05, 0.1) is 6.54 Å². The second-order valence-corrected chi connectivity index (χ2v) is 6.29. The summed E-state index contributed by atoms with van der Waals surface area (Å²) in [5.74, 6) is -2.09. The largest absolute Gasteiger partial charge is 0.327 e. The number of halogens is 3. The van der Waals surface area contributed by atoms with E-state index in [4.69, 9.17) is 5.73 Å². The number of nitrogens with two attached hydrogens (primary N) is 1. The summed E-state index contributed by atoms with van der Waals surface area (Å²) in [4.78, 5) is 2.73. The summed E-state index contributed by atoms with van der Waals surface area (Å²) in [5, 5.41) is 0. The van der Waals surface area contributed by atoms with Gasteiger partial charge in [-0.05, 0) is 37.2 Å². The van der Waals surface area contributed by atoms with E-state index in [9.17, 15) is 13.2 Å². The van der Waals surface area contributed by atoms with Gasteiger partial charge in [-0.25, -0.2) is 13.2 Å².